The molecule has 0 unspecified atom stereocenters. The molecule has 3 aromatic rings. The summed E-state index contributed by atoms with van der Waals surface area (Å²) < 4.78 is 42.9. The lowest BCUT2D eigenvalue weighted by atomic mass is 9.72. The fourth-order valence-corrected chi connectivity index (χ4v) is 6.70. The third kappa shape index (κ3) is 5.02. The third-order valence-electron chi connectivity index (χ3n) is 7.52. The normalized spacial score (nSPS) is 21.2. The molecular formula is C27H27ClF3N5OS. The molecule has 0 fully saturated rings. The van der Waals surface area contributed by atoms with Crippen LogP contribution >= 0.6 is 22.9 Å². The zero-order valence-corrected chi connectivity index (χ0v) is 22.7. The molecule has 0 bridgehead atoms. The molecule has 2 aliphatic rings. The number of nitriles is 1. The molecule has 2 N–H and O–H groups in total. The van der Waals surface area contributed by atoms with Crippen molar-refractivity contribution in [2.45, 2.75) is 64.7 Å². The van der Waals surface area contributed by atoms with E-state index in [1.807, 2.05) is 0 Å². The lowest BCUT2D eigenvalue weighted by Gasteiger charge is -2.33. The maximum Gasteiger partial charge on any atom is 0.410 e. The second-order valence-electron chi connectivity index (χ2n) is 11.0. The monoisotopic (exact) mass is 561 g/mol. The number of anilines is 2. The number of thiophene rings is 1. The zero-order valence-electron chi connectivity index (χ0n) is 21.1. The van der Waals surface area contributed by atoms with Crippen LogP contribution in [0, 0.1) is 22.7 Å². The minimum absolute atomic E-state index is 0.0997. The highest BCUT2D eigenvalue weighted by Crippen LogP contribution is 2.45. The highest BCUT2D eigenvalue weighted by atomic mass is 35.5. The van der Waals surface area contributed by atoms with Crippen LogP contribution in [0.5, 0.6) is 0 Å². The quantitative estimate of drug-likeness (QED) is 0.346. The standard InChI is InChI=1S/C27H27ClF3N5OS/c1-26(2,3)15-6-9-17-18(13-32)25(38-21(17)10-15)34-24(37)20-12-23-33-19(14-4-7-16(28)8-5-14)11-22(27(29,30)31)36(23)35-20/h4-5,7-8,12,15,19,22,33H,6,9-11H2,1-3H3,(H,34,37)/t15-,19+,22-/m1/s1. The molecule has 38 heavy (non-hydrogen) atoms. The molecule has 2 aromatic heterocycles. The van der Waals surface area contributed by atoms with Crippen molar-refractivity contribution in [3.8, 4) is 6.07 Å². The number of aromatic nitrogens is 2. The second kappa shape index (κ2) is 9.62. The number of amides is 1. The fraction of sp³-hybridized carbons (Fsp3) is 0.444. The van der Waals surface area contributed by atoms with E-state index in [-0.39, 0.29) is 23.3 Å². The highest BCUT2D eigenvalue weighted by Gasteiger charge is 2.47. The average molecular weight is 562 g/mol. The van der Waals surface area contributed by atoms with Gasteiger partial charge in [-0.2, -0.15) is 23.5 Å². The summed E-state index contributed by atoms with van der Waals surface area (Å²) in [6.45, 7) is 6.60. The van der Waals surface area contributed by atoms with Crippen LogP contribution in [0.15, 0.2) is 30.3 Å². The maximum atomic E-state index is 14.0. The highest BCUT2D eigenvalue weighted by molar-refractivity contribution is 7.16. The predicted octanol–water partition coefficient (Wildman–Crippen LogP) is 7.53. The van der Waals surface area contributed by atoms with Gasteiger partial charge in [0, 0.05) is 22.4 Å². The first-order valence-corrected chi connectivity index (χ1v) is 13.6. The minimum atomic E-state index is -4.56. The van der Waals surface area contributed by atoms with E-state index in [0.717, 1.165) is 34.4 Å². The average Bonchev–Trinajstić information content (AvgIpc) is 3.43. The Hall–Kier alpha value is -3.03. The summed E-state index contributed by atoms with van der Waals surface area (Å²) in [6, 6.07) is 7.62. The van der Waals surface area contributed by atoms with Crippen molar-refractivity contribution >= 4 is 39.7 Å². The number of fused-ring (bicyclic) bond motifs is 2. The van der Waals surface area contributed by atoms with E-state index >= 15 is 0 Å². The molecule has 0 spiro atoms. The lowest BCUT2D eigenvalue weighted by Crippen LogP contribution is -2.35. The minimum Gasteiger partial charge on any atom is -0.363 e. The first-order valence-electron chi connectivity index (χ1n) is 12.4. The van der Waals surface area contributed by atoms with Crippen LogP contribution in [0.1, 0.15) is 77.8 Å². The van der Waals surface area contributed by atoms with E-state index in [1.165, 1.54) is 17.4 Å². The van der Waals surface area contributed by atoms with Crippen molar-refractivity contribution < 1.29 is 18.0 Å². The Bertz CT molecular complexity index is 1410. The van der Waals surface area contributed by atoms with Gasteiger partial charge in [-0.25, -0.2) is 4.68 Å². The molecule has 3 heterocycles. The number of benzene rings is 1. The summed E-state index contributed by atoms with van der Waals surface area (Å²) in [6.07, 6.45) is -2.30. The Balaban J connectivity index is 1.42. The van der Waals surface area contributed by atoms with E-state index in [9.17, 15) is 23.2 Å². The third-order valence-corrected chi connectivity index (χ3v) is 8.95. The Morgan fingerprint density at radius 2 is 1.97 bits per heavy atom. The summed E-state index contributed by atoms with van der Waals surface area (Å²) in [4.78, 5) is 14.2. The van der Waals surface area contributed by atoms with Gasteiger partial charge in [-0.1, -0.05) is 44.5 Å². The lowest BCUT2D eigenvalue weighted by molar-refractivity contribution is -0.173. The Morgan fingerprint density at radius 1 is 1.26 bits per heavy atom. The largest absolute Gasteiger partial charge is 0.410 e. The molecular weight excluding hydrogens is 535 g/mol. The van der Waals surface area contributed by atoms with Crippen LogP contribution in [0.3, 0.4) is 0 Å². The van der Waals surface area contributed by atoms with Crippen LogP contribution in [-0.4, -0.2) is 21.9 Å². The second-order valence-corrected chi connectivity index (χ2v) is 12.5. The molecule has 200 valence electrons. The zero-order chi connectivity index (χ0) is 27.4. The van der Waals surface area contributed by atoms with Crippen LogP contribution in [0.2, 0.25) is 5.02 Å². The first kappa shape index (κ1) is 26.6. The number of rotatable bonds is 3. The van der Waals surface area contributed by atoms with Crippen molar-refractivity contribution in [2.75, 3.05) is 10.6 Å². The van der Waals surface area contributed by atoms with E-state index in [1.54, 1.807) is 24.3 Å². The predicted molar refractivity (Wildman–Crippen MR) is 142 cm³/mol. The van der Waals surface area contributed by atoms with Crippen molar-refractivity contribution in [3.63, 3.8) is 0 Å². The van der Waals surface area contributed by atoms with E-state index in [2.05, 4.69) is 42.6 Å². The molecule has 3 atom stereocenters. The SMILES string of the molecule is CC(C)(C)[C@@H]1CCc2c(sc(NC(=O)c3cc4n(n3)[C@@H](C(F)(F)F)C[C@@H](c3ccc(Cl)cc3)N4)c2C#N)C1. The van der Waals surface area contributed by atoms with Gasteiger partial charge in [0.2, 0.25) is 0 Å². The van der Waals surface area contributed by atoms with E-state index < -0.39 is 24.2 Å². The van der Waals surface area contributed by atoms with E-state index in [4.69, 9.17) is 11.6 Å². The van der Waals surface area contributed by atoms with Gasteiger partial charge in [0.05, 0.1) is 11.6 Å². The fourth-order valence-electron chi connectivity index (χ4n) is 5.30. The Kier molecular flexibility index (Phi) is 6.72. The van der Waals surface area contributed by atoms with Crippen LogP contribution in [0.25, 0.3) is 0 Å². The molecule has 1 aliphatic heterocycles. The van der Waals surface area contributed by atoms with Crippen molar-refractivity contribution in [2.24, 2.45) is 11.3 Å². The number of nitrogens with one attached hydrogen (secondary N) is 2. The number of hydrogen-bond donors (Lipinski definition) is 2. The summed E-state index contributed by atoms with van der Waals surface area (Å²) >= 11 is 7.31. The van der Waals surface area contributed by atoms with E-state index in [0.29, 0.717) is 27.1 Å². The molecule has 1 aliphatic carbocycles. The molecule has 0 saturated heterocycles. The van der Waals surface area contributed by atoms with Gasteiger partial charge in [0.1, 0.15) is 16.9 Å². The maximum absolute atomic E-state index is 14.0. The van der Waals surface area contributed by atoms with Gasteiger partial charge < -0.3 is 10.6 Å². The summed E-state index contributed by atoms with van der Waals surface area (Å²) in [5, 5.41) is 20.6. The van der Waals surface area contributed by atoms with Gasteiger partial charge in [-0.15, -0.1) is 11.3 Å². The van der Waals surface area contributed by atoms with Crippen LogP contribution in [-0.2, 0) is 12.8 Å². The van der Waals surface area contributed by atoms with Gasteiger partial charge in [0.25, 0.3) is 5.91 Å². The van der Waals surface area contributed by atoms with Crippen molar-refractivity contribution in [1.29, 1.82) is 5.26 Å². The summed E-state index contributed by atoms with van der Waals surface area (Å²) in [5.41, 5.74) is 2.02. The van der Waals surface area contributed by atoms with Gasteiger partial charge >= 0.3 is 6.18 Å². The first-order chi connectivity index (χ1) is 17.8. The Morgan fingerprint density at radius 3 is 2.61 bits per heavy atom. The van der Waals surface area contributed by atoms with Gasteiger partial charge in [0.15, 0.2) is 11.7 Å². The van der Waals surface area contributed by atoms with Gasteiger partial charge in [-0.3, -0.25) is 4.79 Å². The van der Waals surface area contributed by atoms with Crippen LogP contribution < -0.4 is 10.6 Å². The smallest absolute Gasteiger partial charge is 0.363 e. The van der Waals surface area contributed by atoms with Crippen molar-refractivity contribution in [1.82, 2.24) is 9.78 Å². The van der Waals surface area contributed by atoms with Gasteiger partial charge in [-0.05, 0) is 53.9 Å². The molecule has 0 saturated carbocycles. The van der Waals surface area contributed by atoms with Crippen LogP contribution in [0.4, 0.5) is 24.0 Å². The topological polar surface area (TPSA) is 82.7 Å². The number of carbonyl (C=O) groups is 1. The number of halogens is 4. The molecule has 5 rings (SSSR count). The number of hydrogen-bond acceptors (Lipinski definition) is 5. The summed E-state index contributed by atoms with van der Waals surface area (Å²) in [7, 11) is 0. The number of carbonyl (C=O) groups excluding carboxylic acids is 1. The molecule has 11 heteroatoms. The number of nitrogens with zero attached hydrogens (tertiary/aromatic N) is 3. The molecule has 1 aromatic carbocycles. The molecule has 6 nitrogen and oxygen atoms in total. The number of alkyl halides is 3. The van der Waals surface area contributed by atoms with Crippen molar-refractivity contribution in [3.05, 3.63) is 62.6 Å². The molecule has 0 radical (unpaired) electrons. The summed E-state index contributed by atoms with van der Waals surface area (Å²) in [5.74, 6) is -0.0922. The molecule has 1 amide bonds. The Labute approximate surface area is 227 Å².